The first-order valence-electron chi connectivity index (χ1n) is 4.85. The summed E-state index contributed by atoms with van der Waals surface area (Å²) in [5.41, 5.74) is 0.851. The average molecular weight is 263 g/mol. The van der Waals surface area contributed by atoms with Gasteiger partial charge in [-0.25, -0.2) is 0 Å². The fourth-order valence-corrected chi connectivity index (χ4v) is 2.10. The molecule has 0 amide bonds. The van der Waals surface area contributed by atoms with Crippen LogP contribution in [-0.2, 0) is 0 Å². The Morgan fingerprint density at radius 1 is 1.50 bits per heavy atom. The molecule has 0 saturated carbocycles. The Bertz CT molecular complexity index is 392. The molecule has 0 unspecified atom stereocenters. The molecule has 0 bridgehead atoms. The van der Waals surface area contributed by atoms with Gasteiger partial charge in [0, 0.05) is 22.7 Å². The first kappa shape index (κ1) is 13.2. The van der Waals surface area contributed by atoms with Crippen LogP contribution in [0.4, 0.5) is 5.69 Å². The molecule has 1 aliphatic heterocycles. The zero-order valence-corrected chi connectivity index (χ0v) is 10.1. The Morgan fingerprint density at radius 2 is 2.25 bits per heavy atom. The van der Waals surface area contributed by atoms with Crippen LogP contribution in [0, 0.1) is 10.1 Å². The second-order valence-electron chi connectivity index (χ2n) is 3.61. The molecule has 1 aromatic rings. The summed E-state index contributed by atoms with van der Waals surface area (Å²) in [5.74, 6) is 0. The molecule has 16 heavy (non-hydrogen) atoms. The van der Waals surface area contributed by atoms with Gasteiger partial charge in [-0.15, -0.1) is 12.4 Å². The fourth-order valence-electron chi connectivity index (χ4n) is 1.92. The van der Waals surface area contributed by atoms with E-state index in [1.54, 1.807) is 12.1 Å². The normalized spacial score (nSPS) is 19.2. The van der Waals surface area contributed by atoms with E-state index in [0.29, 0.717) is 10.6 Å². The van der Waals surface area contributed by atoms with Gasteiger partial charge in [0.15, 0.2) is 0 Å². The van der Waals surface area contributed by atoms with Crippen LogP contribution in [0.15, 0.2) is 18.2 Å². The second-order valence-corrected chi connectivity index (χ2v) is 4.05. The van der Waals surface area contributed by atoms with Crippen LogP contribution in [0.5, 0.6) is 0 Å². The van der Waals surface area contributed by atoms with Gasteiger partial charge in [0.2, 0.25) is 0 Å². The molecule has 4 nitrogen and oxygen atoms in total. The molecule has 1 atom stereocenters. The van der Waals surface area contributed by atoms with Gasteiger partial charge in [-0.05, 0) is 31.5 Å². The van der Waals surface area contributed by atoms with Gasteiger partial charge in [-0.3, -0.25) is 10.1 Å². The Labute approximate surface area is 105 Å². The SMILES string of the molecule is Cl.O=[N+]([O-])c1ccc(Cl)cc1[C@H]1CCCN1. The van der Waals surface area contributed by atoms with E-state index in [1.807, 2.05) is 0 Å². The molecule has 1 aromatic carbocycles. The molecule has 0 aliphatic carbocycles. The molecule has 6 heteroatoms. The third kappa shape index (κ3) is 2.64. The van der Waals surface area contributed by atoms with Gasteiger partial charge in [-0.1, -0.05) is 11.6 Å². The smallest absolute Gasteiger partial charge is 0.274 e. The number of nitrogens with one attached hydrogen (secondary N) is 1. The van der Waals surface area contributed by atoms with Crippen molar-refractivity contribution in [1.29, 1.82) is 0 Å². The molecule has 0 spiro atoms. The number of nitro groups is 1. The van der Waals surface area contributed by atoms with Crippen molar-refractivity contribution in [3.05, 3.63) is 38.9 Å². The summed E-state index contributed by atoms with van der Waals surface area (Å²) in [6.07, 6.45) is 1.98. The van der Waals surface area contributed by atoms with Crippen LogP contribution in [-0.4, -0.2) is 11.5 Å². The largest absolute Gasteiger partial charge is 0.310 e. The molecule has 1 aliphatic rings. The topological polar surface area (TPSA) is 55.2 Å². The van der Waals surface area contributed by atoms with Gasteiger partial charge in [0.1, 0.15) is 0 Å². The van der Waals surface area contributed by atoms with E-state index in [2.05, 4.69) is 5.32 Å². The van der Waals surface area contributed by atoms with Gasteiger partial charge >= 0.3 is 0 Å². The van der Waals surface area contributed by atoms with E-state index in [4.69, 9.17) is 11.6 Å². The Morgan fingerprint density at radius 3 is 2.81 bits per heavy atom. The predicted molar refractivity (Wildman–Crippen MR) is 65.3 cm³/mol. The molecule has 1 fully saturated rings. The monoisotopic (exact) mass is 262 g/mol. The summed E-state index contributed by atoms with van der Waals surface area (Å²) in [7, 11) is 0. The van der Waals surface area contributed by atoms with E-state index < -0.39 is 0 Å². The molecule has 1 N–H and O–H groups in total. The third-order valence-electron chi connectivity index (χ3n) is 2.62. The first-order valence-corrected chi connectivity index (χ1v) is 5.23. The minimum Gasteiger partial charge on any atom is -0.310 e. The Hall–Kier alpha value is -0.840. The van der Waals surface area contributed by atoms with Crippen molar-refractivity contribution < 1.29 is 4.92 Å². The quantitative estimate of drug-likeness (QED) is 0.658. The molecule has 0 radical (unpaired) electrons. The van der Waals surface area contributed by atoms with Gasteiger partial charge < -0.3 is 5.32 Å². The van der Waals surface area contributed by atoms with E-state index in [0.717, 1.165) is 19.4 Å². The average Bonchev–Trinajstić information content (AvgIpc) is 2.69. The standard InChI is InChI=1S/C10H11ClN2O2.ClH/c11-7-3-4-10(13(14)15)8(6-7)9-2-1-5-12-9;/h3-4,6,9,12H,1-2,5H2;1H/t9-;/m1./s1. The van der Waals surface area contributed by atoms with Crippen LogP contribution in [0.1, 0.15) is 24.4 Å². The summed E-state index contributed by atoms with van der Waals surface area (Å²) >= 11 is 5.85. The summed E-state index contributed by atoms with van der Waals surface area (Å²) in [4.78, 5) is 10.5. The van der Waals surface area contributed by atoms with Crippen LogP contribution < -0.4 is 5.32 Å². The van der Waals surface area contributed by atoms with Gasteiger partial charge in [0.25, 0.3) is 5.69 Å². The lowest BCUT2D eigenvalue weighted by molar-refractivity contribution is -0.385. The van der Waals surface area contributed by atoms with Crippen molar-refractivity contribution in [2.24, 2.45) is 0 Å². The first-order chi connectivity index (χ1) is 7.18. The maximum Gasteiger partial charge on any atom is 0.274 e. The van der Waals surface area contributed by atoms with E-state index >= 15 is 0 Å². The van der Waals surface area contributed by atoms with Crippen molar-refractivity contribution in [2.45, 2.75) is 18.9 Å². The highest BCUT2D eigenvalue weighted by Crippen LogP contribution is 2.32. The van der Waals surface area contributed by atoms with Crippen molar-refractivity contribution in [2.75, 3.05) is 6.54 Å². The molecule has 1 heterocycles. The van der Waals surface area contributed by atoms with Crippen molar-refractivity contribution in [3.8, 4) is 0 Å². The molecule has 0 aromatic heterocycles. The number of hydrogen-bond acceptors (Lipinski definition) is 3. The number of rotatable bonds is 2. The van der Waals surface area contributed by atoms with Crippen LogP contribution >= 0.6 is 24.0 Å². The van der Waals surface area contributed by atoms with Gasteiger partial charge in [-0.2, -0.15) is 0 Å². The van der Waals surface area contributed by atoms with Crippen molar-refractivity contribution in [1.82, 2.24) is 5.32 Å². The third-order valence-corrected chi connectivity index (χ3v) is 2.86. The number of nitro benzene ring substituents is 1. The molecule has 1 saturated heterocycles. The maximum absolute atomic E-state index is 10.8. The summed E-state index contributed by atoms with van der Waals surface area (Å²) in [6.45, 7) is 0.911. The number of nitrogens with zero attached hydrogens (tertiary/aromatic N) is 1. The number of halogens is 2. The molecular weight excluding hydrogens is 251 g/mol. The predicted octanol–water partition coefficient (Wildman–Crippen LogP) is 3.09. The van der Waals surface area contributed by atoms with Crippen molar-refractivity contribution in [3.63, 3.8) is 0 Å². The highest BCUT2D eigenvalue weighted by molar-refractivity contribution is 6.30. The van der Waals surface area contributed by atoms with Crippen LogP contribution in [0.3, 0.4) is 0 Å². The fraction of sp³-hybridized carbons (Fsp3) is 0.400. The maximum atomic E-state index is 10.8. The summed E-state index contributed by atoms with van der Waals surface area (Å²) in [6, 6.07) is 4.78. The van der Waals surface area contributed by atoms with E-state index in [-0.39, 0.29) is 29.1 Å². The summed E-state index contributed by atoms with van der Waals surface area (Å²) in [5, 5.41) is 14.6. The minimum absolute atomic E-state index is 0. The van der Waals surface area contributed by atoms with Gasteiger partial charge in [0.05, 0.1) is 4.92 Å². The zero-order valence-electron chi connectivity index (χ0n) is 8.48. The molecule has 2 rings (SSSR count). The lowest BCUT2D eigenvalue weighted by Crippen LogP contribution is -2.14. The minimum atomic E-state index is -0.355. The Balaban J connectivity index is 0.00000128. The van der Waals surface area contributed by atoms with Crippen LogP contribution in [0.25, 0.3) is 0 Å². The number of benzene rings is 1. The Kier molecular flexibility index (Phi) is 4.53. The highest BCUT2D eigenvalue weighted by Gasteiger charge is 2.24. The molecule has 88 valence electrons. The van der Waals surface area contributed by atoms with E-state index in [9.17, 15) is 10.1 Å². The van der Waals surface area contributed by atoms with Crippen LogP contribution in [0.2, 0.25) is 5.02 Å². The highest BCUT2D eigenvalue weighted by atomic mass is 35.5. The van der Waals surface area contributed by atoms with Crippen molar-refractivity contribution >= 4 is 29.7 Å². The van der Waals surface area contributed by atoms with E-state index in [1.165, 1.54) is 6.07 Å². The number of hydrogen-bond donors (Lipinski definition) is 1. The zero-order chi connectivity index (χ0) is 10.8. The summed E-state index contributed by atoms with van der Waals surface area (Å²) < 4.78 is 0. The lowest BCUT2D eigenvalue weighted by atomic mass is 10.0. The second kappa shape index (κ2) is 5.48. The lowest BCUT2D eigenvalue weighted by Gasteiger charge is -2.10. The molecular formula is C10H12Cl2N2O2.